The minimum atomic E-state index is -0.605. The third-order valence-corrected chi connectivity index (χ3v) is 4.45. The Morgan fingerprint density at radius 3 is 2.58 bits per heavy atom. The molecule has 1 amide bonds. The average molecular weight is 329 g/mol. The zero-order valence-electron chi connectivity index (χ0n) is 14.1. The first-order chi connectivity index (χ1) is 11.6. The van der Waals surface area contributed by atoms with Crippen molar-refractivity contribution in [2.75, 3.05) is 0 Å². The Morgan fingerprint density at radius 1 is 1.25 bits per heavy atom. The summed E-state index contributed by atoms with van der Waals surface area (Å²) < 4.78 is 2.74. The van der Waals surface area contributed by atoms with E-state index in [1.807, 2.05) is 13.8 Å². The maximum absolute atomic E-state index is 12.9. The number of hydrogen-bond acceptors (Lipinski definition) is 3. The molecule has 0 bridgehead atoms. The predicted molar refractivity (Wildman–Crippen MR) is 93.3 cm³/mol. The lowest BCUT2D eigenvalue weighted by Gasteiger charge is -2.21. The molecule has 6 nitrogen and oxygen atoms in total. The number of fused-ring (bicyclic) bond motifs is 1. The lowest BCUT2D eigenvalue weighted by atomic mass is 10.1. The van der Waals surface area contributed by atoms with Crippen LogP contribution in [0.15, 0.2) is 33.9 Å². The molecule has 0 saturated heterocycles. The SMILES string of the molecule is CCCn1c(=O)c2ccccc2n([C@H](CC)C(=O)NC2CC2)c1=O. The van der Waals surface area contributed by atoms with Gasteiger partial charge in [0.2, 0.25) is 5.91 Å². The summed E-state index contributed by atoms with van der Waals surface area (Å²) in [6.07, 6.45) is 3.16. The Hall–Kier alpha value is -2.37. The van der Waals surface area contributed by atoms with E-state index in [9.17, 15) is 14.4 Å². The van der Waals surface area contributed by atoms with E-state index in [0.29, 0.717) is 30.3 Å². The Bertz CT molecular complexity index is 877. The molecule has 1 aromatic carbocycles. The van der Waals surface area contributed by atoms with Crippen molar-refractivity contribution < 1.29 is 4.79 Å². The molecule has 1 heterocycles. The highest BCUT2D eigenvalue weighted by atomic mass is 16.2. The van der Waals surface area contributed by atoms with Gasteiger partial charge in [0, 0.05) is 12.6 Å². The van der Waals surface area contributed by atoms with Crippen LogP contribution in [-0.4, -0.2) is 21.1 Å². The van der Waals surface area contributed by atoms with Gasteiger partial charge in [0.05, 0.1) is 10.9 Å². The lowest BCUT2D eigenvalue weighted by molar-refractivity contribution is -0.124. The van der Waals surface area contributed by atoms with E-state index in [-0.39, 0.29) is 17.5 Å². The molecule has 1 saturated carbocycles. The molecular formula is C18H23N3O3. The molecule has 2 aromatic rings. The predicted octanol–water partition coefficient (Wildman–Crippen LogP) is 1.80. The highest BCUT2D eigenvalue weighted by Gasteiger charge is 2.29. The van der Waals surface area contributed by atoms with Crippen LogP contribution in [0, 0.1) is 0 Å². The summed E-state index contributed by atoms with van der Waals surface area (Å²) in [6.45, 7) is 4.15. The van der Waals surface area contributed by atoms with Gasteiger partial charge in [0.15, 0.2) is 0 Å². The number of carbonyl (C=O) groups is 1. The summed E-state index contributed by atoms with van der Waals surface area (Å²) in [4.78, 5) is 38.2. The molecular weight excluding hydrogens is 306 g/mol. The number of aromatic nitrogens is 2. The van der Waals surface area contributed by atoms with E-state index in [0.717, 1.165) is 12.8 Å². The number of para-hydroxylation sites is 1. The van der Waals surface area contributed by atoms with Gasteiger partial charge in [-0.2, -0.15) is 0 Å². The number of nitrogens with one attached hydrogen (secondary N) is 1. The van der Waals surface area contributed by atoms with Crippen molar-refractivity contribution in [3.05, 3.63) is 45.1 Å². The highest BCUT2D eigenvalue weighted by molar-refractivity contribution is 5.84. The first-order valence-electron chi connectivity index (χ1n) is 8.62. The summed E-state index contributed by atoms with van der Waals surface area (Å²) in [7, 11) is 0. The summed E-state index contributed by atoms with van der Waals surface area (Å²) in [5.41, 5.74) is -0.165. The zero-order chi connectivity index (χ0) is 17.3. The Labute approximate surface area is 140 Å². The molecule has 24 heavy (non-hydrogen) atoms. The van der Waals surface area contributed by atoms with Crippen LogP contribution >= 0.6 is 0 Å². The van der Waals surface area contributed by atoms with Crippen molar-refractivity contribution in [2.24, 2.45) is 0 Å². The van der Waals surface area contributed by atoms with Gasteiger partial charge in [-0.1, -0.05) is 26.0 Å². The molecule has 1 atom stereocenters. The van der Waals surface area contributed by atoms with E-state index in [1.54, 1.807) is 24.3 Å². The van der Waals surface area contributed by atoms with Crippen LogP contribution in [0.4, 0.5) is 0 Å². The first-order valence-corrected chi connectivity index (χ1v) is 8.62. The molecule has 0 spiro atoms. The fraction of sp³-hybridized carbons (Fsp3) is 0.500. The number of amides is 1. The van der Waals surface area contributed by atoms with Crippen LogP contribution in [0.25, 0.3) is 10.9 Å². The van der Waals surface area contributed by atoms with Crippen molar-refractivity contribution in [2.45, 2.75) is 58.2 Å². The van der Waals surface area contributed by atoms with E-state index in [1.165, 1.54) is 9.13 Å². The van der Waals surface area contributed by atoms with Crippen molar-refractivity contribution in [3.8, 4) is 0 Å². The van der Waals surface area contributed by atoms with Gasteiger partial charge >= 0.3 is 5.69 Å². The highest BCUT2D eigenvalue weighted by Crippen LogP contribution is 2.22. The first kappa shape index (κ1) is 16.5. The molecule has 1 N–H and O–H groups in total. The Kier molecular flexibility index (Phi) is 4.55. The molecule has 0 aliphatic heterocycles. The van der Waals surface area contributed by atoms with E-state index in [4.69, 9.17) is 0 Å². The van der Waals surface area contributed by atoms with E-state index >= 15 is 0 Å². The smallest absolute Gasteiger partial charge is 0.332 e. The largest absolute Gasteiger partial charge is 0.352 e. The standard InChI is InChI=1S/C18H23N3O3/c1-3-11-20-17(23)13-7-5-6-8-15(13)21(18(20)24)14(4-2)16(22)19-12-9-10-12/h5-8,12,14H,3-4,9-11H2,1-2H3,(H,19,22)/t14-/m1/s1. The normalized spacial score (nSPS) is 15.4. The molecule has 1 fully saturated rings. The van der Waals surface area contributed by atoms with Crippen LogP contribution in [0.5, 0.6) is 0 Å². The molecule has 1 aliphatic carbocycles. The maximum atomic E-state index is 12.9. The molecule has 0 radical (unpaired) electrons. The topological polar surface area (TPSA) is 73.1 Å². The Morgan fingerprint density at radius 2 is 1.96 bits per heavy atom. The fourth-order valence-corrected chi connectivity index (χ4v) is 3.06. The number of rotatable bonds is 6. The number of nitrogens with zero attached hydrogens (tertiary/aromatic N) is 2. The summed E-state index contributed by atoms with van der Waals surface area (Å²) >= 11 is 0. The summed E-state index contributed by atoms with van der Waals surface area (Å²) in [5.74, 6) is -0.144. The molecule has 3 rings (SSSR count). The van der Waals surface area contributed by atoms with Crippen LogP contribution in [0.3, 0.4) is 0 Å². The summed E-state index contributed by atoms with van der Waals surface area (Å²) in [5, 5.41) is 3.45. The van der Waals surface area contributed by atoms with Crippen LogP contribution in [0.1, 0.15) is 45.6 Å². The van der Waals surface area contributed by atoms with Crippen LogP contribution in [-0.2, 0) is 11.3 Å². The van der Waals surface area contributed by atoms with Crippen molar-refractivity contribution in [1.82, 2.24) is 14.5 Å². The van der Waals surface area contributed by atoms with E-state index < -0.39 is 11.7 Å². The van der Waals surface area contributed by atoms with Crippen molar-refractivity contribution >= 4 is 16.8 Å². The molecule has 1 aliphatic rings. The quantitative estimate of drug-likeness (QED) is 0.878. The molecule has 128 valence electrons. The fourth-order valence-electron chi connectivity index (χ4n) is 3.06. The van der Waals surface area contributed by atoms with Gasteiger partial charge in [0.1, 0.15) is 6.04 Å². The molecule has 6 heteroatoms. The zero-order valence-corrected chi connectivity index (χ0v) is 14.1. The van der Waals surface area contributed by atoms with Crippen LogP contribution < -0.4 is 16.6 Å². The summed E-state index contributed by atoms with van der Waals surface area (Å²) in [6, 6.07) is 6.64. The lowest BCUT2D eigenvalue weighted by Crippen LogP contribution is -2.45. The number of carbonyl (C=O) groups excluding carboxylic acids is 1. The maximum Gasteiger partial charge on any atom is 0.332 e. The third kappa shape index (κ3) is 2.88. The second-order valence-electron chi connectivity index (χ2n) is 6.33. The average Bonchev–Trinajstić information content (AvgIpc) is 3.39. The second kappa shape index (κ2) is 6.63. The van der Waals surface area contributed by atoms with E-state index in [2.05, 4.69) is 5.32 Å². The minimum Gasteiger partial charge on any atom is -0.352 e. The third-order valence-electron chi connectivity index (χ3n) is 4.45. The molecule has 0 unspecified atom stereocenters. The van der Waals surface area contributed by atoms with Gasteiger partial charge in [-0.15, -0.1) is 0 Å². The molecule has 1 aromatic heterocycles. The van der Waals surface area contributed by atoms with Gasteiger partial charge in [-0.05, 0) is 37.8 Å². The van der Waals surface area contributed by atoms with Gasteiger partial charge in [-0.3, -0.25) is 18.7 Å². The second-order valence-corrected chi connectivity index (χ2v) is 6.33. The van der Waals surface area contributed by atoms with Gasteiger partial charge in [-0.25, -0.2) is 4.79 Å². The minimum absolute atomic E-state index is 0.144. The van der Waals surface area contributed by atoms with Crippen LogP contribution in [0.2, 0.25) is 0 Å². The van der Waals surface area contributed by atoms with Crippen molar-refractivity contribution in [3.63, 3.8) is 0 Å². The van der Waals surface area contributed by atoms with Gasteiger partial charge < -0.3 is 5.32 Å². The van der Waals surface area contributed by atoms with Gasteiger partial charge in [0.25, 0.3) is 5.56 Å². The number of benzene rings is 1. The number of hydrogen-bond donors (Lipinski definition) is 1. The monoisotopic (exact) mass is 329 g/mol. The van der Waals surface area contributed by atoms with Crippen molar-refractivity contribution in [1.29, 1.82) is 0 Å². The Balaban J connectivity index is 2.22.